The highest BCUT2D eigenvalue weighted by Gasteiger charge is 2.17. The number of ether oxygens (including phenoxy) is 3. The maximum atomic E-state index is 12.5. The molecule has 120 valence electrons. The van der Waals surface area contributed by atoms with Gasteiger partial charge in [-0.1, -0.05) is 0 Å². The summed E-state index contributed by atoms with van der Waals surface area (Å²) in [6.07, 6.45) is 1.39. The van der Waals surface area contributed by atoms with Crippen LogP contribution in [0.1, 0.15) is 10.4 Å². The van der Waals surface area contributed by atoms with E-state index in [1.807, 2.05) is 30.1 Å². The number of hydrogen-bond donors (Lipinski definition) is 1. The Balaban J connectivity index is 2.12. The van der Waals surface area contributed by atoms with Crippen LogP contribution in [0, 0.1) is 0 Å². The molecule has 0 atom stereocenters. The minimum Gasteiger partial charge on any atom is -0.497 e. The second kappa shape index (κ2) is 7.40. The molecule has 6 heteroatoms. The van der Waals surface area contributed by atoms with Crippen molar-refractivity contribution in [3.05, 3.63) is 30.0 Å². The minimum absolute atomic E-state index is 0.0351. The van der Waals surface area contributed by atoms with Crippen molar-refractivity contribution < 1.29 is 19.0 Å². The Morgan fingerprint density at radius 1 is 1.27 bits per heavy atom. The molecule has 0 aliphatic rings. The van der Waals surface area contributed by atoms with Crippen LogP contribution in [-0.4, -0.2) is 63.4 Å². The molecule has 0 aliphatic carbocycles. The molecule has 6 nitrogen and oxygen atoms in total. The topological polar surface area (TPSA) is 63.8 Å². The van der Waals surface area contributed by atoms with Crippen LogP contribution >= 0.6 is 0 Å². The van der Waals surface area contributed by atoms with E-state index in [4.69, 9.17) is 14.2 Å². The third-order valence-electron chi connectivity index (χ3n) is 3.59. The van der Waals surface area contributed by atoms with Crippen LogP contribution < -0.4 is 4.74 Å². The number of nitrogens with one attached hydrogen (secondary N) is 1. The Labute approximate surface area is 130 Å². The van der Waals surface area contributed by atoms with E-state index in [2.05, 4.69) is 4.98 Å². The first-order chi connectivity index (χ1) is 10.6. The molecule has 1 heterocycles. The van der Waals surface area contributed by atoms with Gasteiger partial charge in [0.1, 0.15) is 5.75 Å². The number of Topliss-reactive ketones (excluding diaryl/α,β-unsaturated/α-hetero) is 1. The van der Waals surface area contributed by atoms with Crippen molar-refractivity contribution in [3.8, 4) is 5.75 Å². The maximum Gasteiger partial charge on any atom is 0.178 e. The van der Waals surface area contributed by atoms with Gasteiger partial charge in [0.25, 0.3) is 0 Å². The number of rotatable bonds is 8. The van der Waals surface area contributed by atoms with E-state index >= 15 is 0 Å². The van der Waals surface area contributed by atoms with Crippen LogP contribution in [0.5, 0.6) is 5.75 Å². The summed E-state index contributed by atoms with van der Waals surface area (Å²) in [4.78, 5) is 17.5. The zero-order valence-electron chi connectivity index (χ0n) is 13.4. The molecule has 0 fully saturated rings. The lowest BCUT2D eigenvalue weighted by molar-refractivity contribution is -0.112. The zero-order valence-corrected chi connectivity index (χ0v) is 13.4. The molecular weight excluding hydrogens is 284 g/mol. The number of aromatic amines is 1. The molecule has 0 bridgehead atoms. The standard InChI is InChI=1S/C16H22N2O4/c1-18(10-16(21-3)22-4)9-15(19)13-8-17-14-6-5-11(20-2)7-12(13)14/h5-8,16-17H,9-10H2,1-4H3. The van der Waals surface area contributed by atoms with Crippen molar-refractivity contribution in [1.29, 1.82) is 0 Å². The van der Waals surface area contributed by atoms with Crippen molar-refractivity contribution in [2.24, 2.45) is 0 Å². The number of carbonyl (C=O) groups is 1. The van der Waals surface area contributed by atoms with Gasteiger partial charge < -0.3 is 19.2 Å². The molecule has 0 saturated heterocycles. The lowest BCUT2D eigenvalue weighted by atomic mass is 10.1. The van der Waals surface area contributed by atoms with Crippen LogP contribution in [0.25, 0.3) is 10.9 Å². The average molecular weight is 306 g/mol. The van der Waals surface area contributed by atoms with Crippen molar-refractivity contribution in [1.82, 2.24) is 9.88 Å². The second-order valence-corrected chi connectivity index (χ2v) is 5.13. The summed E-state index contributed by atoms with van der Waals surface area (Å²) in [5.74, 6) is 0.765. The summed E-state index contributed by atoms with van der Waals surface area (Å²) >= 11 is 0. The van der Waals surface area contributed by atoms with Crippen LogP contribution in [0.4, 0.5) is 0 Å². The van der Waals surface area contributed by atoms with Gasteiger partial charge in [0.05, 0.1) is 13.7 Å². The van der Waals surface area contributed by atoms with Gasteiger partial charge in [0.2, 0.25) is 0 Å². The minimum atomic E-state index is -0.346. The molecule has 1 aromatic heterocycles. The number of nitrogens with zero attached hydrogens (tertiary/aromatic N) is 1. The SMILES string of the molecule is COc1ccc2[nH]cc(C(=O)CN(C)CC(OC)OC)c2c1. The monoisotopic (exact) mass is 306 g/mol. The van der Waals surface area contributed by atoms with Gasteiger partial charge in [-0.05, 0) is 25.2 Å². The number of carbonyl (C=O) groups excluding carboxylic acids is 1. The molecule has 2 rings (SSSR count). The highest BCUT2D eigenvalue weighted by Crippen LogP contribution is 2.24. The Morgan fingerprint density at radius 3 is 2.64 bits per heavy atom. The number of likely N-dealkylation sites (N-methyl/N-ethyl adjacent to an activating group) is 1. The van der Waals surface area contributed by atoms with E-state index in [0.717, 1.165) is 16.7 Å². The fraction of sp³-hybridized carbons (Fsp3) is 0.438. The predicted molar refractivity (Wildman–Crippen MR) is 84.5 cm³/mol. The van der Waals surface area contributed by atoms with Crippen molar-refractivity contribution in [2.45, 2.75) is 6.29 Å². The average Bonchev–Trinajstić information content (AvgIpc) is 2.95. The quantitative estimate of drug-likeness (QED) is 0.596. The van der Waals surface area contributed by atoms with Crippen molar-refractivity contribution >= 4 is 16.7 Å². The smallest absolute Gasteiger partial charge is 0.178 e. The first-order valence-corrected chi connectivity index (χ1v) is 7.01. The number of H-pyrrole nitrogens is 1. The molecule has 2 aromatic rings. The summed E-state index contributed by atoms with van der Waals surface area (Å²) in [6.45, 7) is 0.803. The fourth-order valence-electron chi connectivity index (χ4n) is 2.35. The van der Waals surface area contributed by atoms with Gasteiger partial charge in [-0.25, -0.2) is 0 Å². The lowest BCUT2D eigenvalue weighted by Gasteiger charge is -2.21. The Morgan fingerprint density at radius 2 is 2.00 bits per heavy atom. The first kappa shape index (κ1) is 16.5. The maximum absolute atomic E-state index is 12.5. The number of hydrogen-bond acceptors (Lipinski definition) is 5. The number of benzene rings is 1. The number of aromatic nitrogens is 1. The highest BCUT2D eigenvalue weighted by atomic mass is 16.7. The van der Waals surface area contributed by atoms with E-state index in [0.29, 0.717) is 12.1 Å². The Kier molecular flexibility index (Phi) is 5.54. The normalized spacial score (nSPS) is 11.5. The number of ketones is 1. The number of methoxy groups -OCH3 is 3. The van der Waals surface area contributed by atoms with Crippen LogP contribution in [-0.2, 0) is 9.47 Å². The van der Waals surface area contributed by atoms with E-state index in [1.54, 1.807) is 27.5 Å². The molecule has 0 radical (unpaired) electrons. The lowest BCUT2D eigenvalue weighted by Crippen LogP contribution is -2.35. The summed E-state index contributed by atoms with van der Waals surface area (Å²) < 4.78 is 15.5. The number of fused-ring (bicyclic) bond motifs is 1. The third-order valence-corrected chi connectivity index (χ3v) is 3.59. The molecule has 0 spiro atoms. The van der Waals surface area contributed by atoms with Crippen LogP contribution in [0.15, 0.2) is 24.4 Å². The summed E-state index contributed by atoms with van der Waals surface area (Å²) in [5, 5.41) is 0.868. The Hall–Kier alpha value is -1.89. The predicted octanol–water partition coefficient (Wildman–Crippen LogP) is 1.91. The van der Waals surface area contributed by atoms with Crippen LogP contribution in [0.2, 0.25) is 0 Å². The molecule has 0 aliphatic heterocycles. The van der Waals surface area contributed by atoms with Crippen molar-refractivity contribution in [3.63, 3.8) is 0 Å². The van der Waals surface area contributed by atoms with Gasteiger partial charge in [-0.15, -0.1) is 0 Å². The van der Waals surface area contributed by atoms with Crippen molar-refractivity contribution in [2.75, 3.05) is 41.5 Å². The molecule has 0 amide bonds. The van der Waals surface area contributed by atoms with Gasteiger partial charge in [0, 0.05) is 43.4 Å². The largest absolute Gasteiger partial charge is 0.497 e. The Bertz CT molecular complexity index is 634. The molecule has 1 N–H and O–H groups in total. The highest BCUT2D eigenvalue weighted by molar-refractivity contribution is 6.09. The molecule has 0 unspecified atom stereocenters. The summed E-state index contributed by atoms with van der Waals surface area (Å²) in [7, 11) is 6.63. The summed E-state index contributed by atoms with van der Waals surface area (Å²) in [5.41, 5.74) is 1.57. The van der Waals surface area contributed by atoms with E-state index < -0.39 is 0 Å². The first-order valence-electron chi connectivity index (χ1n) is 7.01. The second-order valence-electron chi connectivity index (χ2n) is 5.13. The molecule has 22 heavy (non-hydrogen) atoms. The van der Waals surface area contributed by atoms with E-state index in [-0.39, 0.29) is 18.6 Å². The van der Waals surface area contributed by atoms with Gasteiger partial charge in [-0.3, -0.25) is 9.69 Å². The third kappa shape index (κ3) is 3.65. The molecular formula is C16H22N2O4. The van der Waals surface area contributed by atoms with E-state index in [9.17, 15) is 4.79 Å². The van der Waals surface area contributed by atoms with Gasteiger partial charge in [0.15, 0.2) is 12.1 Å². The summed E-state index contributed by atoms with van der Waals surface area (Å²) in [6, 6.07) is 5.63. The zero-order chi connectivity index (χ0) is 16.1. The fourth-order valence-corrected chi connectivity index (χ4v) is 2.35. The van der Waals surface area contributed by atoms with E-state index in [1.165, 1.54) is 0 Å². The molecule has 1 aromatic carbocycles. The van der Waals surface area contributed by atoms with Crippen LogP contribution in [0.3, 0.4) is 0 Å². The van der Waals surface area contributed by atoms with Gasteiger partial charge >= 0.3 is 0 Å². The molecule has 0 saturated carbocycles. The van der Waals surface area contributed by atoms with Gasteiger partial charge in [-0.2, -0.15) is 0 Å².